The normalized spacial score (nSPS) is 16.3. The smallest absolute Gasteiger partial charge is 0.0438 e. The molecule has 0 radical (unpaired) electrons. The van der Waals surface area contributed by atoms with Crippen molar-refractivity contribution in [1.29, 1.82) is 0 Å². The maximum absolute atomic E-state index is 6.30. The van der Waals surface area contributed by atoms with Crippen LogP contribution in [0.1, 0.15) is 38.2 Å². The van der Waals surface area contributed by atoms with E-state index in [-0.39, 0.29) is 0 Å². The molecule has 1 unspecified atom stereocenters. The topological polar surface area (TPSA) is 12.0 Å². The van der Waals surface area contributed by atoms with Gasteiger partial charge < -0.3 is 5.32 Å². The molecule has 0 aliphatic heterocycles. The highest BCUT2D eigenvalue weighted by Crippen LogP contribution is 2.24. The SMILES string of the molecule is CCSCCCC(CNC1CC1)Cc1ccccc1Cl. The van der Waals surface area contributed by atoms with E-state index in [9.17, 15) is 0 Å². The molecule has 3 heteroatoms. The van der Waals surface area contributed by atoms with Crippen molar-refractivity contribution in [3.05, 3.63) is 34.9 Å². The summed E-state index contributed by atoms with van der Waals surface area (Å²) in [5.41, 5.74) is 1.31. The minimum Gasteiger partial charge on any atom is -0.314 e. The van der Waals surface area contributed by atoms with Gasteiger partial charge in [0.05, 0.1) is 0 Å². The van der Waals surface area contributed by atoms with E-state index in [2.05, 4.69) is 24.4 Å². The van der Waals surface area contributed by atoms with E-state index >= 15 is 0 Å². The van der Waals surface area contributed by atoms with Crippen molar-refractivity contribution in [1.82, 2.24) is 5.32 Å². The Kier molecular flexibility index (Phi) is 7.26. The van der Waals surface area contributed by atoms with Gasteiger partial charge in [-0.25, -0.2) is 0 Å². The molecule has 1 saturated carbocycles. The molecule has 1 fully saturated rings. The summed E-state index contributed by atoms with van der Waals surface area (Å²) in [6, 6.07) is 9.09. The van der Waals surface area contributed by atoms with E-state index in [1.807, 2.05) is 23.9 Å². The number of halogens is 1. The molecule has 1 aromatic carbocycles. The molecule has 2 rings (SSSR count). The van der Waals surface area contributed by atoms with Gasteiger partial charge in [-0.05, 0) is 67.7 Å². The van der Waals surface area contributed by atoms with Crippen LogP contribution >= 0.6 is 23.4 Å². The Hall–Kier alpha value is -0.180. The fourth-order valence-corrected chi connectivity index (χ4v) is 3.36. The van der Waals surface area contributed by atoms with Gasteiger partial charge in [-0.1, -0.05) is 36.7 Å². The first-order valence-electron chi connectivity index (χ1n) is 7.84. The van der Waals surface area contributed by atoms with Crippen molar-refractivity contribution in [3.63, 3.8) is 0 Å². The Labute approximate surface area is 132 Å². The van der Waals surface area contributed by atoms with Crippen LogP contribution < -0.4 is 5.32 Å². The monoisotopic (exact) mass is 311 g/mol. The third kappa shape index (κ3) is 6.07. The Bertz CT molecular complexity index is 392. The van der Waals surface area contributed by atoms with Crippen LogP contribution in [-0.2, 0) is 6.42 Å². The zero-order valence-electron chi connectivity index (χ0n) is 12.4. The lowest BCUT2D eigenvalue weighted by Gasteiger charge is -2.18. The highest BCUT2D eigenvalue weighted by atomic mass is 35.5. The van der Waals surface area contributed by atoms with Crippen LogP contribution in [0.15, 0.2) is 24.3 Å². The zero-order valence-corrected chi connectivity index (χ0v) is 14.0. The van der Waals surface area contributed by atoms with Gasteiger partial charge >= 0.3 is 0 Å². The highest BCUT2D eigenvalue weighted by molar-refractivity contribution is 7.99. The molecule has 1 aliphatic carbocycles. The number of benzene rings is 1. The number of nitrogens with one attached hydrogen (secondary N) is 1. The van der Waals surface area contributed by atoms with Crippen LogP contribution in [-0.4, -0.2) is 24.1 Å². The second-order valence-electron chi connectivity index (χ2n) is 5.68. The van der Waals surface area contributed by atoms with Crippen LogP contribution in [0.25, 0.3) is 0 Å². The van der Waals surface area contributed by atoms with Gasteiger partial charge in [-0.15, -0.1) is 0 Å². The van der Waals surface area contributed by atoms with Gasteiger partial charge in [0, 0.05) is 11.1 Å². The minimum atomic E-state index is 0.716. The fourth-order valence-electron chi connectivity index (χ4n) is 2.49. The summed E-state index contributed by atoms with van der Waals surface area (Å²) >= 11 is 8.35. The van der Waals surface area contributed by atoms with Crippen LogP contribution in [0.2, 0.25) is 5.02 Å². The second kappa shape index (κ2) is 8.96. The van der Waals surface area contributed by atoms with Crippen LogP contribution in [0.5, 0.6) is 0 Å². The maximum atomic E-state index is 6.30. The lowest BCUT2D eigenvalue weighted by atomic mass is 9.95. The van der Waals surface area contributed by atoms with Gasteiger partial charge in [0.15, 0.2) is 0 Å². The molecule has 0 saturated heterocycles. The predicted octanol–water partition coefficient (Wildman–Crippen LogP) is 4.78. The van der Waals surface area contributed by atoms with Crippen LogP contribution in [0.3, 0.4) is 0 Å². The van der Waals surface area contributed by atoms with Crippen LogP contribution in [0, 0.1) is 5.92 Å². The molecular weight excluding hydrogens is 286 g/mol. The predicted molar refractivity (Wildman–Crippen MR) is 91.9 cm³/mol. The molecule has 0 heterocycles. The molecule has 1 aliphatic rings. The number of hydrogen-bond donors (Lipinski definition) is 1. The number of thioether (sulfide) groups is 1. The first kappa shape index (κ1) is 16.2. The third-order valence-corrected chi connectivity index (χ3v) is 5.20. The van der Waals surface area contributed by atoms with E-state index in [1.54, 1.807) is 0 Å². The van der Waals surface area contributed by atoms with Crippen LogP contribution in [0.4, 0.5) is 0 Å². The lowest BCUT2D eigenvalue weighted by Crippen LogP contribution is -2.26. The first-order valence-corrected chi connectivity index (χ1v) is 9.37. The molecule has 0 spiro atoms. The maximum Gasteiger partial charge on any atom is 0.0438 e. The molecular formula is C17H26ClNS. The fraction of sp³-hybridized carbons (Fsp3) is 0.647. The molecule has 0 aromatic heterocycles. The minimum absolute atomic E-state index is 0.716. The summed E-state index contributed by atoms with van der Waals surface area (Å²) in [6.07, 6.45) is 6.46. The van der Waals surface area contributed by atoms with E-state index in [0.717, 1.165) is 24.0 Å². The summed E-state index contributed by atoms with van der Waals surface area (Å²) in [5, 5.41) is 4.61. The lowest BCUT2D eigenvalue weighted by molar-refractivity contribution is 0.438. The molecule has 1 nitrogen and oxygen atoms in total. The van der Waals surface area contributed by atoms with E-state index in [1.165, 1.54) is 42.8 Å². The average Bonchev–Trinajstić information content (AvgIpc) is 3.27. The molecule has 1 aromatic rings. The molecule has 112 valence electrons. The summed E-state index contributed by atoms with van der Waals surface area (Å²) in [4.78, 5) is 0. The first-order chi connectivity index (χ1) is 9.79. The van der Waals surface area contributed by atoms with Gasteiger partial charge in [0.2, 0.25) is 0 Å². The second-order valence-corrected chi connectivity index (χ2v) is 7.48. The van der Waals surface area contributed by atoms with E-state index in [4.69, 9.17) is 11.6 Å². The van der Waals surface area contributed by atoms with E-state index in [0.29, 0.717) is 5.92 Å². The van der Waals surface area contributed by atoms with Crippen molar-refractivity contribution < 1.29 is 0 Å². The van der Waals surface area contributed by atoms with Gasteiger partial charge in [-0.2, -0.15) is 11.8 Å². The van der Waals surface area contributed by atoms with Gasteiger partial charge in [-0.3, -0.25) is 0 Å². The van der Waals surface area contributed by atoms with Crippen molar-refractivity contribution in [2.75, 3.05) is 18.1 Å². The molecule has 0 bridgehead atoms. The molecule has 20 heavy (non-hydrogen) atoms. The molecule has 1 N–H and O–H groups in total. The van der Waals surface area contributed by atoms with Crippen molar-refractivity contribution in [3.8, 4) is 0 Å². The van der Waals surface area contributed by atoms with Crippen molar-refractivity contribution in [2.45, 2.75) is 45.1 Å². The Morgan fingerprint density at radius 1 is 1.35 bits per heavy atom. The van der Waals surface area contributed by atoms with Crippen molar-refractivity contribution >= 4 is 23.4 Å². The summed E-state index contributed by atoms with van der Waals surface area (Å²) in [7, 11) is 0. The highest BCUT2D eigenvalue weighted by Gasteiger charge is 2.22. The zero-order chi connectivity index (χ0) is 14.2. The quantitative estimate of drug-likeness (QED) is 0.624. The Balaban J connectivity index is 1.81. The number of rotatable bonds is 10. The molecule has 1 atom stereocenters. The van der Waals surface area contributed by atoms with E-state index < -0.39 is 0 Å². The Morgan fingerprint density at radius 3 is 2.85 bits per heavy atom. The van der Waals surface area contributed by atoms with Crippen molar-refractivity contribution in [2.24, 2.45) is 5.92 Å². The molecule has 0 amide bonds. The summed E-state index contributed by atoms with van der Waals surface area (Å²) < 4.78 is 0. The summed E-state index contributed by atoms with van der Waals surface area (Å²) in [5.74, 6) is 3.24. The average molecular weight is 312 g/mol. The Morgan fingerprint density at radius 2 is 2.15 bits per heavy atom. The van der Waals surface area contributed by atoms with Gasteiger partial charge in [0.1, 0.15) is 0 Å². The van der Waals surface area contributed by atoms with Gasteiger partial charge in [0.25, 0.3) is 0 Å². The number of hydrogen-bond acceptors (Lipinski definition) is 2. The standard InChI is InChI=1S/C17H26ClNS/c1-2-20-11-5-6-14(13-19-16-9-10-16)12-15-7-3-4-8-17(15)18/h3-4,7-8,14,16,19H,2,5-6,9-13H2,1H3. The largest absolute Gasteiger partial charge is 0.314 e. The summed E-state index contributed by atoms with van der Waals surface area (Å²) in [6.45, 7) is 3.38. The third-order valence-electron chi connectivity index (χ3n) is 3.84.